The van der Waals surface area contributed by atoms with Gasteiger partial charge in [-0.15, -0.1) is 0 Å². The Morgan fingerprint density at radius 3 is 3.04 bits per heavy atom. The molecule has 0 unspecified atom stereocenters. The zero-order valence-electron chi connectivity index (χ0n) is 14.8. The van der Waals surface area contributed by atoms with Crippen LogP contribution in [0.1, 0.15) is 36.1 Å². The van der Waals surface area contributed by atoms with E-state index >= 15 is 0 Å². The largest absolute Gasteiger partial charge is 0.502 e. The van der Waals surface area contributed by atoms with E-state index in [2.05, 4.69) is 9.98 Å². The average Bonchev–Trinajstić information content (AvgIpc) is 3.29. The van der Waals surface area contributed by atoms with Crippen molar-refractivity contribution >= 4 is 22.9 Å². The maximum atomic E-state index is 11.3. The summed E-state index contributed by atoms with van der Waals surface area (Å²) in [6.45, 7) is 1.33. The third kappa shape index (κ3) is 3.30. The van der Waals surface area contributed by atoms with Gasteiger partial charge in [0.1, 0.15) is 11.3 Å². The van der Waals surface area contributed by atoms with Crippen LogP contribution in [0.3, 0.4) is 0 Å². The summed E-state index contributed by atoms with van der Waals surface area (Å²) in [6, 6.07) is 1.32. The second kappa shape index (κ2) is 7.22. The number of hydrogen-bond donors (Lipinski definition) is 1. The number of imidazole rings is 1. The van der Waals surface area contributed by atoms with E-state index in [-0.39, 0.29) is 11.4 Å². The number of phenolic OH excluding ortho intramolecular Hbond substituents is 1. The van der Waals surface area contributed by atoms with Gasteiger partial charge < -0.3 is 14.1 Å². The van der Waals surface area contributed by atoms with Crippen molar-refractivity contribution < 1.29 is 14.4 Å². The SMILES string of the molecule is O=[N+]([O-])c1cc2oc3c(c2c(C=NCCCn2ccnc2)c1O)CCCC3. The Labute approximate surface area is 155 Å². The van der Waals surface area contributed by atoms with E-state index in [0.29, 0.717) is 17.7 Å². The van der Waals surface area contributed by atoms with E-state index in [9.17, 15) is 15.2 Å². The van der Waals surface area contributed by atoms with Crippen LogP contribution >= 0.6 is 0 Å². The minimum atomic E-state index is -0.591. The molecule has 1 N–H and O–H groups in total. The Balaban J connectivity index is 1.66. The molecule has 1 aliphatic carbocycles. The highest BCUT2D eigenvalue weighted by Gasteiger charge is 2.27. The van der Waals surface area contributed by atoms with Crippen molar-refractivity contribution in [1.29, 1.82) is 0 Å². The monoisotopic (exact) mass is 368 g/mol. The van der Waals surface area contributed by atoms with E-state index in [0.717, 1.165) is 55.4 Å². The van der Waals surface area contributed by atoms with Gasteiger partial charge in [0.05, 0.1) is 22.9 Å². The van der Waals surface area contributed by atoms with Crippen LogP contribution in [-0.2, 0) is 19.4 Å². The molecule has 27 heavy (non-hydrogen) atoms. The predicted molar refractivity (Wildman–Crippen MR) is 100 cm³/mol. The van der Waals surface area contributed by atoms with Crippen molar-refractivity contribution in [2.75, 3.05) is 6.54 Å². The van der Waals surface area contributed by atoms with E-state index in [4.69, 9.17) is 4.42 Å². The topological polar surface area (TPSA) is 107 Å². The van der Waals surface area contributed by atoms with E-state index in [1.165, 1.54) is 6.07 Å². The maximum absolute atomic E-state index is 11.3. The molecule has 1 aliphatic rings. The van der Waals surface area contributed by atoms with Crippen LogP contribution in [-0.4, -0.2) is 32.3 Å². The standard InChI is InChI=1S/C19H20N4O4/c24-19-14(11-20-6-3-8-22-9-7-21-12-22)18-13-4-1-2-5-16(13)27-17(18)10-15(19)23(25)26/h7,9-12,24H,1-6,8H2. The number of phenols is 1. The van der Waals surface area contributed by atoms with Crippen LogP contribution in [0.15, 0.2) is 34.2 Å². The molecule has 0 aliphatic heterocycles. The van der Waals surface area contributed by atoms with Gasteiger partial charge in [-0.25, -0.2) is 4.98 Å². The summed E-state index contributed by atoms with van der Waals surface area (Å²) in [5.74, 6) is 0.519. The molecule has 0 saturated heterocycles. The van der Waals surface area contributed by atoms with Crippen molar-refractivity contribution in [3.63, 3.8) is 0 Å². The van der Waals surface area contributed by atoms with Crippen molar-refractivity contribution in [2.24, 2.45) is 4.99 Å². The number of nitrogens with zero attached hydrogens (tertiary/aromatic N) is 4. The fourth-order valence-corrected chi connectivity index (χ4v) is 3.62. The van der Waals surface area contributed by atoms with Gasteiger partial charge in [-0.3, -0.25) is 15.1 Å². The van der Waals surface area contributed by atoms with Gasteiger partial charge in [-0.2, -0.15) is 0 Å². The first-order valence-corrected chi connectivity index (χ1v) is 9.05. The molecule has 8 nitrogen and oxygen atoms in total. The molecular weight excluding hydrogens is 348 g/mol. The maximum Gasteiger partial charge on any atom is 0.315 e. The van der Waals surface area contributed by atoms with E-state index in [1.807, 2.05) is 10.8 Å². The molecular formula is C19H20N4O4. The number of aromatic nitrogens is 2. The Kier molecular flexibility index (Phi) is 4.62. The highest BCUT2D eigenvalue weighted by molar-refractivity contribution is 6.05. The van der Waals surface area contributed by atoms with Gasteiger partial charge in [0, 0.05) is 49.1 Å². The normalized spacial score (nSPS) is 14.1. The summed E-state index contributed by atoms with van der Waals surface area (Å²) in [5.41, 5.74) is 1.52. The molecule has 140 valence electrons. The second-order valence-corrected chi connectivity index (χ2v) is 6.69. The van der Waals surface area contributed by atoms with Crippen LogP contribution in [0.25, 0.3) is 11.0 Å². The number of aromatic hydroxyl groups is 1. The molecule has 3 aromatic rings. The van der Waals surface area contributed by atoms with Crippen LogP contribution in [0.5, 0.6) is 5.75 Å². The van der Waals surface area contributed by atoms with Crippen molar-refractivity contribution in [3.05, 3.63) is 51.8 Å². The van der Waals surface area contributed by atoms with Crippen molar-refractivity contribution in [2.45, 2.75) is 38.6 Å². The number of aryl methyl sites for hydroxylation is 3. The Morgan fingerprint density at radius 2 is 2.26 bits per heavy atom. The first kappa shape index (κ1) is 17.3. The summed E-state index contributed by atoms with van der Waals surface area (Å²) in [4.78, 5) is 19.1. The summed E-state index contributed by atoms with van der Waals surface area (Å²) in [7, 11) is 0. The fraction of sp³-hybridized carbons (Fsp3) is 0.368. The minimum Gasteiger partial charge on any atom is -0.502 e. The van der Waals surface area contributed by atoms with Gasteiger partial charge in [-0.1, -0.05) is 0 Å². The number of nitro benzene ring substituents is 1. The van der Waals surface area contributed by atoms with Crippen LogP contribution in [0.4, 0.5) is 5.69 Å². The number of nitro groups is 1. The highest BCUT2D eigenvalue weighted by Crippen LogP contribution is 2.41. The number of aliphatic imine (C=N–C) groups is 1. The van der Waals surface area contributed by atoms with Gasteiger partial charge in [0.15, 0.2) is 0 Å². The average molecular weight is 368 g/mol. The predicted octanol–water partition coefficient (Wildman–Crippen LogP) is 3.63. The van der Waals surface area contributed by atoms with E-state index < -0.39 is 4.92 Å². The number of rotatable bonds is 6. The summed E-state index contributed by atoms with van der Waals surface area (Å²) in [5, 5.41) is 22.6. The first-order valence-electron chi connectivity index (χ1n) is 9.05. The van der Waals surface area contributed by atoms with Crippen molar-refractivity contribution in [3.8, 4) is 5.75 Å². The highest BCUT2D eigenvalue weighted by atomic mass is 16.6. The smallest absolute Gasteiger partial charge is 0.315 e. The lowest BCUT2D eigenvalue weighted by Crippen LogP contribution is -2.01. The van der Waals surface area contributed by atoms with Crippen LogP contribution < -0.4 is 0 Å². The molecule has 0 bridgehead atoms. The summed E-state index contributed by atoms with van der Waals surface area (Å²) in [6.07, 6.45) is 11.5. The third-order valence-corrected chi connectivity index (χ3v) is 4.91. The first-order chi connectivity index (χ1) is 13.1. The van der Waals surface area contributed by atoms with Gasteiger partial charge >= 0.3 is 5.69 Å². The van der Waals surface area contributed by atoms with E-state index in [1.54, 1.807) is 18.7 Å². The summed E-state index contributed by atoms with van der Waals surface area (Å²) < 4.78 is 7.83. The molecule has 0 spiro atoms. The fourth-order valence-electron chi connectivity index (χ4n) is 3.62. The molecule has 0 radical (unpaired) electrons. The lowest BCUT2D eigenvalue weighted by atomic mass is 9.93. The van der Waals surface area contributed by atoms with Gasteiger partial charge in [0.25, 0.3) is 0 Å². The van der Waals surface area contributed by atoms with Crippen LogP contribution in [0, 0.1) is 10.1 Å². The quantitative estimate of drug-likeness (QED) is 0.309. The molecule has 2 aromatic heterocycles. The Morgan fingerprint density at radius 1 is 1.41 bits per heavy atom. The number of fused-ring (bicyclic) bond motifs is 3. The zero-order chi connectivity index (χ0) is 18.8. The lowest BCUT2D eigenvalue weighted by Gasteiger charge is -2.10. The van der Waals surface area contributed by atoms with Crippen molar-refractivity contribution in [1.82, 2.24) is 9.55 Å². The zero-order valence-corrected chi connectivity index (χ0v) is 14.8. The molecule has 0 saturated carbocycles. The van der Waals surface area contributed by atoms with Gasteiger partial charge in [0.2, 0.25) is 5.75 Å². The van der Waals surface area contributed by atoms with Gasteiger partial charge in [-0.05, 0) is 25.7 Å². The molecule has 0 fully saturated rings. The Bertz CT molecular complexity index is 1000. The molecule has 0 atom stereocenters. The molecule has 2 heterocycles. The third-order valence-electron chi connectivity index (χ3n) is 4.91. The second-order valence-electron chi connectivity index (χ2n) is 6.69. The molecule has 1 aromatic carbocycles. The molecule has 0 amide bonds. The number of hydrogen-bond acceptors (Lipinski definition) is 6. The minimum absolute atomic E-state index is 0.347. The lowest BCUT2D eigenvalue weighted by molar-refractivity contribution is -0.385. The molecule has 8 heteroatoms. The molecule has 4 rings (SSSR count). The Hall–Kier alpha value is -3.16. The summed E-state index contributed by atoms with van der Waals surface area (Å²) >= 11 is 0. The van der Waals surface area contributed by atoms with Crippen LogP contribution in [0.2, 0.25) is 0 Å². The number of furan rings is 1. The number of benzene rings is 1.